The maximum Gasteiger partial charge on any atom is 0.406 e. The number of carbonyl (C=O) groups is 1. The van der Waals surface area contributed by atoms with Crippen LogP contribution in [0.1, 0.15) is 6.92 Å². The standard InChI is InChI=1S/C34H41BrN11O5P/c1-21(51-33(36)47)50-15-14-45-10-12-46(13-11-45)28-17-29(49-3)27(16-23(28)22-18-40-44(2)20-22)42-34-39-19-24(35)32(43-34)41-26-7-6-25-30(38-9-8-37-25)31(26)52(4,5)48/h6-9,16-21H,10-15H2,1-5H3,(H2,36,47)(H2,39,41,42,43). The van der Waals surface area contributed by atoms with Gasteiger partial charge in [-0.1, -0.05) is 0 Å². The van der Waals surface area contributed by atoms with Gasteiger partial charge in [0.05, 0.1) is 46.6 Å². The van der Waals surface area contributed by atoms with Crippen molar-refractivity contribution >= 4 is 74.3 Å². The molecule has 1 fully saturated rings. The Morgan fingerprint density at radius 2 is 1.83 bits per heavy atom. The van der Waals surface area contributed by atoms with E-state index in [0.29, 0.717) is 62.9 Å². The van der Waals surface area contributed by atoms with Gasteiger partial charge in [-0.15, -0.1) is 0 Å². The first-order valence-corrected chi connectivity index (χ1v) is 19.9. The number of aromatic nitrogens is 6. The van der Waals surface area contributed by atoms with Gasteiger partial charge in [0, 0.05) is 87.4 Å². The van der Waals surface area contributed by atoms with Gasteiger partial charge >= 0.3 is 6.09 Å². The predicted molar refractivity (Wildman–Crippen MR) is 205 cm³/mol. The fraction of sp³-hybridized carbons (Fsp3) is 0.353. The zero-order valence-corrected chi connectivity index (χ0v) is 32.0. The van der Waals surface area contributed by atoms with Gasteiger partial charge in [-0.25, -0.2) is 9.78 Å². The molecule has 5 aromatic rings. The number of aryl methyl sites for hydroxylation is 1. The molecule has 1 aliphatic rings. The number of hydrogen-bond donors (Lipinski definition) is 3. The van der Waals surface area contributed by atoms with Crippen LogP contribution in [0.5, 0.6) is 5.75 Å². The van der Waals surface area contributed by atoms with Crippen LogP contribution in [0.25, 0.3) is 22.2 Å². The molecule has 3 aromatic heterocycles. The van der Waals surface area contributed by atoms with Crippen molar-refractivity contribution in [1.29, 1.82) is 0 Å². The van der Waals surface area contributed by atoms with Crippen LogP contribution in [-0.4, -0.2) is 107 Å². The zero-order valence-electron chi connectivity index (χ0n) is 29.5. The second-order valence-corrected chi connectivity index (χ2v) is 16.6. The first kappa shape index (κ1) is 36.9. The van der Waals surface area contributed by atoms with Crippen LogP contribution >= 0.6 is 23.1 Å². The quantitative estimate of drug-likeness (QED) is 0.108. The van der Waals surface area contributed by atoms with Crippen molar-refractivity contribution in [2.24, 2.45) is 12.8 Å². The summed E-state index contributed by atoms with van der Waals surface area (Å²) in [4.78, 5) is 33.8. The number of primary amides is 1. The van der Waals surface area contributed by atoms with E-state index in [1.807, 2.05) is 43.7 Å². The highest BCUT2D eigenvalue weighted by Crippen LogP contribution is 2.42. The Kier molecular flexibility index (Phi) is 11.2. The molecule has 0 aliphatic carbocycles. The van der Waals surface area contributed by atoms with E-state index >= 15 is 0 Å². The number of ether oxygens (including phenoxy) is 3. The van der Waals surface area contributed by atoms with Crippen LogP contribution in [-0.2, 0) is 21.1 Å². The number of halogens is 1. The van der Waals surface area contributed by atoms with E-state index < -0.39 is 19.5 Å². The Labute approximate surface area is 309 Å². The summed E-state index contributed by atoms with van der Waals surface area (Å²) in [5, 5.41) is 11.7. The molecule has 1 aliphatic heterocycles. The van der Waals surface area contributed by atoms with E-state index in [0.717, 1.165) is 43.0 Å². The average molecular weight is 795 g/mol. The predicted octanol–water partition coefficient (Wildman–Crippen LogP) is 4.91. The summed E-state index contributed by atoms with van der Waals surface area (Å²) in [7, 11) is 0.721. The van der Waals surface area contributed by atoms with Crippen LogP contribution in [0.4, 0.5) is 33.6 Å². The molecular formula is C34H41BrN11O5P. The summed E-state index contributed by atoms with van der Waals surface area (Å²) in [6, 6.07) is 7.72. The number of methoxy groups -OCH3 is 1. The SMILES string of the molecule is COc1cc(N2CCN(CCOC(C)OC(N)=O)CC2)c(-c2cnn(C)c2)cc1Nc1ncc(Br)c(Nc2ccc3nccnc3c2P(C)(C)=O)n1. The van der Waals surface area contributed by atoms with Gasteiger partial charge in [0.1, 0.15) is 24.2 Å². The van der Waals surface area contributed by atoms with Crippen molar-refractivity contribution in [2.45, 2.75) is 13.2 Å². The maximum atomic E-state index is 13.5. The molecule has 1 saturated heterocycles. The van der Waals surface area contributed by atoms with Gasteiger partial charge in [-0.3, -0.25) is 19.5 Å². The topological polar surface area (TPSA) is 188 Å². The lowest BCUT2D eigenvalue weighted by Gasteiger charge is -2.37. The van der Waals surface area contributed by atoms with E-state index in [9.17, 15) is 9.36 Å². The normalized spacial score (nSPS) is 14.3. The Balaban J connectivity index is 1.25. The number of benzene rings is 2. The Morgan fingerprint density at radius 3 is 2.52 bits per heavy atom. The number of amides is 1. The van der Waals surface area contributed by atoms with Gasteiger partial charge in [0.25, 0.3) is 0 Å². The van der Waals surface area contributed by atoms with Crippen molar-refractivity contribution in [2.75, 3.05) is 75.3 Å². The minimum atomic E-state index is -2.79. The zero-order chi connectivity index (χ0) is 37.0. The third kappa shape index (κ3) is 8.61. The Morgan fingerprint density at radius 1 is 1.06 bits per heavy atom. The molecule has 4 heterocycles. The number of nitrogens with zero attached hydrogens (tertiary/aromatic N) is 8. The summed E-state index contributed by atoms with van der Waals surface area (Å²) in [5.41, 5.74) is 10.5. The lowest BCUT2D eigenvalue weighted by molar-refractivity contribution is -0.0926. The molecule has 16 nitrogen and oxygen atoms in total. The Hall–Kier alpha value is -4.83. The lowest BCUT2D eigenvalue weighted by atomic mass is 10.0. The summed E-state index contributed by atoms with van der Waals surface area (Å²) in [6.45, 7) is 9.32. The molecule has 274 valence electrons. The van der Waals surface area contributed by atoms with Crippen LogP contribution in [0.3, 0.4) is 0 Å². The molecule has 18 heteroatoms. The van der Waals surface area contributed by atoms with Crippen molar-refractivity contribution in [3.63, 3.8) is 0 Å². The van der Waals surface area contributed by atoms with E-state index in [1.165, 1.54) is 0 Å². The second-order valence-electron chi connectivity index (χ2n) is 12.6. The van der Waals surface area contributed by atoms with Gasteiger partial charge in [-0.2, -0.15) is 10.1 Å². The number of rotatable bonds is 13. The highest BCUT2D eigenvalue weighted by molar-refractivity contribution is 9.10. The molecule has 52 heavy (non-hydrogen) atoms. The second kappa shape index (κ2) is 15.8. The molecule has 0 saturated carbocycles. The minimum absolute atomic E-state index is 0.318. The third-order valence-corrected chi connectivity index (χ3v) is 10.6. The molecule has 4 N–H and O–H groups in total. The van der Waals surface area contributed by atoms with Gasteiger partial charge < -0.3 is 40.0 Å². The van der Waals surface area contributed by atoms with Gasteiger partial charge in [-0.05, 0) is 54.4 Å². The minimum Gasteiger partial charge on any atom is -0.494 e. The van der Waals surface area contributed by atoms with E-state index in [1.54, 1.807) is 50.6 Å². The van der Waals surface area contributed by atoms with Crippen LogP contribution < -0.4 is 31.3 Å². The van der Waals surface area contributed by atoms with Crippen molar-refractivity contribution in [3.05, 3.63) is 59.7 Å². The van der Waals surface area contributed by atoms with Crippen molar-refractivity contribution < 1.29 is 23.6 Å². The number of hydrogen-bond acceptors (Lipinski definition) is 14. The van der Waals surface area contributed by atoms with E-state index in [4.69, 9.17) is 24.9 Å². The number of nitrogens with two attached hydrogens (primary N) is 1. The molecular weight excluding hydrogens is 753 g/mol. The van der Waals surface area contributed by atoms with Crippen LogP contribution in [0.15, 0.2) is 59.7 Å². The molecule has 6 rings (SSSR count). The maximum absolute atomic E-state index is 13.5. The first-order chi connectivity index (χ1) is 24.9. The number of fused-ring (bicyclic) bond motifs is 1. The van der Waals surface area contributed by atoms with Crippen LogP contribution in [0, 0.1) is 0 Å². The number of carbonyl (C=O) groups excluding carboxylic acids is 1. The van der Waals surface area contributed by atoms with Gasteiger partial charge in [0.2, 0.25) is 12.2 Å². The average Bonchev–Trinajstić information content (AvgIpc) is 3.54. The largest absolute Gasteiger partial charge is 0.494 e. The molecule has 0 radical (unpaired) electrons. The highest BCUT2D eigenvalue weighted by atomic mass is 79.9. The van der Waals surface area contributed by atoms with E-state index in [2.05, 4.69) is 56.4 Å². The fourth-order valence-electron chi connectivity index (χ4n) is 6.08. The monoisotopic (exact) mass is 793 g/mol. The number of piperazine rings is 1. The fourth-order valence-corrected chi connectivity index (χ4v) is 7.76. The number of nitrogens with one attached hydrogen (secondary N) is 2. The third-order valence-electron chi connectivity index (χ3n) is 8.48. The molecule has 0 bridgehead atoms. The van der Waals surface area contributed by atoms with Crippen molar-refractivity contribution in [1.82, 2.24) is 34.6 Å². The van der Waals surface area contributed by atoms with Crippen molar-refractivity contribution in [3.8, 4) is 16.9 Å². The summed E-state index contributed by atoms with van der Waals surface area (Å²) in [6.07, 6.45) is 7.11. The first-order valence-electron chi connectivity index (χ1n) is 16.5. The lowest BCUT2D eigenvalue weighted by Crippen LogP contribution is -2.47. The van der Waals surface area contributed by atoms with Gasteiger partial charge in [0.15, 0.2) is 0 Å². The molecule has 1 unspecified atom stereocenters. The van der Waals surface area contributed by atoms with Crippen LogP contribution in [0.2, 0.25) is 0 Å². The smallest absolute Gasteiger partial charge is 0.406 e. The molecule has 1 amide bonds. The number of anilines is 5. The highest BCUT2D eigenvalue weighted by Gasteiger charge is 2.25. The Bertz CT molecular complexity index is 2120. The molecule has 0 spiro atoms. The molecule has 2 aromatic carbocycles. The summed E-state index contributed by atoms with van der Waals surface area (Å²) in [5.74, 6) is 1.39. The van der Waals surface area contributed by atoms with E-state index in [-0.39, 0.29) is 0 Å². The molecule has 1 atom stereocenters. The summed E-state index contributed by atoms with van der Waals surface area (Å²) < 4.78 is 32.2. The summed E-state index contributed by atoms with van der Waals surface area (Å²) >= 11 is 3.57.